The maximum Gasteiger partial charge on any atom is 0.133 e. The third-order valence-electron chi connectivity index (χ3n) is 10.7. The zero-order chi connectivity index (χ0) is 21.0. The van der Waals surface area contributed by atoms with Crippen molar-refractivity contribution in [3.8, 4) is 0 Å². The van der Waals surface area contributed by atoms with Crippen LogP contribution in [0, 0.1) is 39.9 Å². The molecule has 2 saturated carbocycles. The highest BCUT2D eigenvalue weighted by molar-refractivity contribution is 5.80. The fraction of sp³-hybridized carbons (Fsp3) is 0.893. The normalized spacial score (nSPS) is 43.2. The first-order chi connectivity index (χ1) is 13.6. The van der Waals surface area contributed by atoms with E-state index >= 15 is 0 Å². The summed E-state index contributed by atoms with van der Waals surface area (Å²) >= 11 is 0. The van der Waals surface area contributed by atoms with Crippen LogP contribution in [0.5, 0.6) is 0 Å². The van der Waals surface area contributed by atoms with Gasteiger partial charge in [-0.3, -0.25) is 4.79 Å². The van der Waals surface area contributed by atoms with Crippen molar-refractivity contribution in [3.05, 3.63) is 11.1 Å². The van der Waals surface area contributed by atoms with Crippen LogP contribution in [0.2, 0.25) is 0 Å². The van der Waals surface area contributed by atoms with Crippen LogP contribution < -0.4 is 0 Å². The summed E-state index contributed by atoms with van der Waals surface area (Å²) < 4.78 is 0. The van der Waals surface area contributed by atoms with Gasteiger partial charge >= 0.3 is 0 Å². The summed E-state index contributed by atoms with van der Waals surface area (Å²) in [4.78, 5) is 12.3. The average molecular weight is 399 g/mol. The maximum absolute atomic E-state index is 12.3. The lowest BCUT2D eigenvalue weighted by Gasteiger charge is -2.59. The standard InChI is InChI=1S/C28H46O/c1-19(2)8-7-9-20(3)23-10-11-24-22-13-15-26(4)18-21(29)12-17-28(26,6)25(22)14-16-27(23,24)5/h19-20,23-24H,7-18H2,1-6H3/t20-,23-,24?,26-,27-,28-/m1/s1. The van der Waals surface area contributed by atoms with Gasteiger partial charge in [0.1, 0.15) is 5.78 Å². The van der Waals surface area contributed by atoms with Crippen LogP contribution in [0.25, 0.3) is 0 Å². The fourth-order valence-electron chi connectivity index (χ4n) is 8.60. The highest BCUT2D eigenvalue weighted by atomic mass is 16.1. The molecule has 4 aliphatic carbocycles. The molecule has 0 amide bonds. The Balaban J connectivity index is 1.57. The van der Waals surface area contributed by atoms with Crippen molar-refractivity contribution in [2.75, 3.05) is 0 Å². The highest BCUT2D eigenvalue weighted by Gasteiger charge is 2.58. The second-order valence-corrected chi connectivity index (χ2v) is 12.7. The molecule has 0 heterocycles. The second kappa shape index (κ2) is 7.52. The van der Waals surface area contributed by atoms with Gasteiger partial charge in [0, 0.05) is 12.8 Å². The first kappa shape index (κ1) is 21.6. The number of hydrogen-bond acceptors (Lipinski definition) is 1. The minimum atomic E-state index is 0.219. The van der Waals surface area contributed by atoms with Gasteiger partial charge in [-0.05, 0) is 84.9 Å². The van der Waals surface area contributed by atoms with E-state index < -0.39 is 0 Å². The van der Waals surface area contributed by atoms with Crippen molar-refractivity contribution in [1.82, 2.24) is 0 Å². The van der Waals surface area contributed by atoms with E-state index in [1.807, 2.05) is 11.1 Å². The van der Waals surface area contributed by atoms with Gasteiger partial charge in [-0.1, -0.05) is 72.0 Å². The number of carbonyl (C=O) groups is 1. The Morgan fingerprint density at radius 2 is 1.69 bits per heavy atom. The molecule has 0 aromatic rings. The van der Waals surface area contributed by atoms with Gasteiger partial charge in [-0.25, -0.2) is 0 Å². The molecule has 4 aliphatic rings. The Morgan fingerprint density at radius 3 is 2.41 bits per heavy atom. The first-order valence-electron chi connectivity index (χ1n) is 12.8. The minimum Gasteiger partial charge on any atom is -0.300 e. The molecule has 0 bridgehead atoms. The smallest absolute Gasteiger partial charge is 0.133 e. The van der Waals surface area contributed by atoms with Gasteiger partial charge in [0.2, 0.25) is 0 Å². The molecule has 6 atom stereocenters. The fourth-order valence-corrected chi connectivity index (χ4v) is 8.60. The molecule has 29 heavy (non-hydrogen) atoms. The number of hydrogen-bond donors (Lipinski definition) is 0. The van der Waals surface area contributed by atoms with Crippen molar-refractivity contribution in [2.24, 2.45) is 39.9 Å². The second-order valence-electron chi connectivity index (χ2n) is 12.7. The molecule has 0 aromatic heterocycles. The summed E-state index contributed by atoms with van der Waals surface area (Å²) in [5.74, 6) is 4.00. The minimum absolute atomic E-state index is 0.219. The molecule has 164 valence electrons. The largest absolute Gasteiger partial charge is 0.300 e. The third kappa shape index (κ3) is 3.38. The van der Waals surface area contributed by atoms with E-state index in [9.17, 15) is 4.79 Å². The third-order valence-corrected chi connectivity index (χ3v) is 10.7. The summed E-state index contributed by atoms with van der Waals surface area (Å²) in [5.41, 5.74) is 4.75. The maximum atomic E-state index is 12.3. The van der Waals surface area contributed by atoms with E-state index in [1.165, 1.54) is 57.8 Å². The van der Waals surface area contributed by atoms with Gasteiger partial charge < -0.3 is 0 Å². The molecule has 0 saturated heterocycles. The summed E-state index contributed by atoms with van der Waals surface area (Å²) in [6.07, 6.45) is 15.1. The van der Waals surface area contributed by atoms with Crippen molar-refractivity contribution in [2.45, 2.75) is 119 Å². The number of ketones is 1. The first-order valence-corrected chi connectivity index (χ1v) is 12.8. The zero-order valence-corrected chi connectivity index (χ0v) is 20.2. The van der Waals surface area contributed by atoms with Crippen molar-refractivity contribution < 1.29 is 4.79 Å². The zero-order valence-electron chi connectivity index (χ0n) is 20.2. The monoisotopic (exact) mass is 398 g/mol. The van der Waals surface area contributed by atoms with Crippen molar-refractivity contribution >= 4 is 5.78 Å². The van der Waals surface area contributed by atoms with Gasteiger partial charge in [0.15, 0.2) is 0 Å². The Kier molecular flexibility index (Phi) is 5.61. The van der Waals surface area contributed by atoms with Crippen LogP contribution in [-0.4, -0.2) is 5.78 Å². The molecule has 0 N–H and O–H groups in total. The molecule has 0 aromatic carbocycles. The van der Waals surface area contributed by atoms with Crippen LogP contribution in [0.4, 0.5) is 0 Å². The number of rotatable bonds is 5. The van der Waals surface area contributed by atoms with E-state index in [-0.39, 0.29) is 10.8 Å². The Hall–Kier alpha value is -0.590. The molecule has 1 nitrogen and oxygen atoms in total. The molecular formula is C28H46O. The number of carbonyl (C=O) groups excluding carboxylic acids is 1. The Morgan fingerprint density at radius 1 is 0.931 bits per heavy atom. The lowest BCUT2D eigenvalue weighted by atomic mass is 9.45. The van der Waals surface area contributed by atoms with E-state index in [0.29, 0.717) is 11.2 Å². The van der Waals surface area contributed by atoms with Crippen LogP contribution >= 0.6 is 0 Å². The van der Waals surface area contributed by atoms with E-state index in [2.05, 4.69) is 41.5 Å². The van der Waals surface area contributed by atoms with E-state index in [0.717, 1.165) is 42.9 Å². The van der Waals surface area contributed by atoms with E-state index in [4.69, 9.17) is 0 Å². The molecule has 4 rings (SSSR count). The van der Waals surface area contributed by atoms with Crippen molar-refractivity contribution in [1.29, 1.82) is 0 Å². The summed E-state index contributed by atoms with van der Waals surface area (Å²) in [6.45, 7) is 14.9. The van der Waals surface area contributed by atoms with Gasteiger partial charge in [0.25, 0.3) is 0 Å². The number of allylic oxidation sites excluding steroid dienone is 2. The SMILES string of the molecule is CC(C)CCC[C@@H](C)[C@H]1CCC2C3=C(CC[C@@]21C)[C@@]1(C)CCC(=O)C[C@@]1(C)CC3. The topological polar surface area (TPSA) is 17.1 Å². The predicted molar refractivity (Wildman–Crippen MR) is 123 cm³/mol. The Labute approximate surface area is 180 Å². The number of Topliss-reactive ketones (excluding diaryl/α,β-unsaturated/α-hetero) is 1. The molecule has 0 spiro atoms. The van der Waals surface area contributed by atoms with Crippen LogP contribution in [0.3, 0.4) is 0 Å². The van der Waals surface area contributed by atoms with Gasteiger partial charge in [0.05, 0.1) is 0 Å². The summed E-state index contributed by atoms with van der Waals surface area (Å²) in [6, 6.07) is 0. The molecule has 0 aliphatic heterocycles. The van der Waals surface area contributed by atoms with E-state index in [1.54, 1.807) is 0 Å². The van der Waals surface area contributed by atoms with Crippen molar-refractivity contribution in [3.63, 3.8) is 0 Å². The molecular weight excluding hydrogens is 352 g/mol. The molecule has 1 unspecified atom stereocenters. The molecule has 0 radical (unpaired) electrons. The highest BCUT2D eigenvalue weighted by Crippen LogP contribution is 2.68. The quantitative estimate of drug-likeness (QED) is 0.427. The van der Waals surface area contributed by atoms with Crippen LogP contribution in [0.1, 0.15) is 119 Å². The van der Waals surface area contributed by atoms with Crippen LogP contribution in [-0.2, 0) is 4.79 Å². The van der Waals surface area contributed by atoms with Crippen LogP contribution in [0.15, 0.2) is 11.1 Å². The van der Waals surface area contributed by atoms with Gasteiger partial charge in [-0.2, -0.15) is 0 Å². The summed E-state index contributed by atoms with van der Waals surface area (Å²) in [7, 11) is 0. The lowest BCUT2D eigenvalue weighted by Crippen LogP contribution is -2.50. The molecule has 2 fully saturated rings. The molecule has 1 heteroatoms. The lowest BCUT2D eigenvalue weighted by molar-refractivity contribution is -0.129. The predicted octanol–water partition coefficient (Wildman–Crippen LogP) is 8.13. The summed E-state index contributed by atoms with van der Waals surface area (Å²) in [5, 5.41) is 0. The van der Waals surface area contributed by atoms with Gasteiger partial charge in [-0.15, -0.1) is 0 Å². The average Bonchev–Trinajstić information content (AvgIpc) is 2.99. The number of fused-ring (bicyclic) bond motifs is 4. The Bertz CT molecular complexity index is 686.